The van der Waals surface area contributed by atoms with Gasteiger partial charge in [0.15, 0.2) is 0 Å². The third kappa shape index (κ3) is 6.61. The summed E-state index contributed by atoms with van der Waals surface area (Å²) < 4.78 is 13.0. The van der Waals surface area contributed by atoms with Crippen LogP contribution in [0, 0.1) is 5.82 Å². The van der Waals surface area contributed by atoms with Crippen molar-refractivity contribution in [3.8, 4) is 0 Å². The lowest BCUT2D eigenvalue weighted by molar-refractivity contribution is -0.123. The summed E-state index contributed by atoms with van der Waals surface area (Å²) >= 11 is 5.91. The molecule has 1 fully saturated rings. The average Bonchev–Trinajstić information content (AvgIpc) is 2.57. The molecule has 0 aromatic heterocycles. The van der Waals surface area contributed by atoms with E-state index in [-0.39, 0.29) is 23.4 Å². The molecule has 8 heteroatoms. The van der Waals surface area contributed by atoms with Gasteiger partial charge in [-0.2, -0.15) is 0 Å². The van der Waals surface area contributed by atoms with Gasteiger partial charge >= 0.3 is 0 Å². The Morgan fingerprint density at radius 1 is 1.12 bits per heavy atom. The minimum atomic E-state index is -0.443. The predicted molar refractivity (Wildman–Crippen MR) is 96.2 cm³/mol. The summed E-state index contributed by atoms with van der Waals surface area (Å²) in [6.07, 6.45) is 0.923. The number of nitrogens with one attached hydrogen (secondary N) is 2. The number of amides is 2. The third-order valence-electron chi connectivity index (χ3n) is 3.98. The lowest BCUT2D eigenvalue weighted by Gasteiger charge is -2.33. The normalized spacial score (nSPS) is 15.8. The molecular weight excluding hydrogens is 347 g/mol. The number of anilines is 1. The molecule has 2 N–H and O–H groups in total. The van der Waals surface area contributed by atoms with Gasteiger partial charge < -0.3 is 10.6 Å². The van der Waals surface area contributed by atoms with Gasteiger partial charge in [-0.25, -0.2) is 4.39 Å². The summed E-state index contributed by atoms with van der Waals surface area (Å²) in [5.74, 6) is -0.594. The molecule has 0 spiro atoms. The SMILES string of the molecule is CCCNC(=O)CN1CCN(CC(=O)Nc2ccc(F)cc2Cl)CC1. The summed E-state index contributed by atoms with van der Waals surface area (Å²) in [6.45, 7) is 6.26. The fourth-order valence-corrected chi connectivity index (χ4v) is 2.83. The van der Waals surface area contributed by atoms with Gasteiger partial charge in [-0.1, -0.05) is 18.5 Å². The van der Waals surface area contributed by atoms with E-state index in [0.717, 1.165) is 19.5 Å². The van der Waals surface area contributed by atoms with Crippen LogP contribution in [-0.2, 0) is 9.59 Å². The molecule has 2 amide bonds. The summed E-state index contributed by atoms with van der Waals surface area (Å²) in [5.41, 5.74) is 0.402. The summed E-state index contributed by atoms with van der Waals surface area (Å²) in [4.78, 5) is 27.9. The van der Waals surface area contributed by atoms with Gasteiger partial charge in [-0.05, 0) is 24.6 Å². The highest BCUT2D eigenvalue weighted by Crippen LogP contribution is 2.22. The number of benzene rings is 1. The van der Waals surface area contributed by atoms with Crippen LogP contribution >= 0.6 is 11.6 Å². The summed E-state index contributed by atoms with van der Waals surface area (Å²) in [6, 6.07) is 3.87. The van der Waals surface area contributed by atoms with Gasteiger partial charge in [-0.3, -0.25) is 19.4 Å². The molecule has 1 heterocycles. The van der Waals surface area contributed by atoms with Crippen molar-refractivity contribution in [2.24, 2.45) is 0 Å². The van der Waals surface area contributed by atoms with E-state index in [1.807, 2.05) is 11.8 Å². The number of hydrogen-bond donors (Lipinski definition) is 2. The van der Waals surface area contributed by atoms with E-state index >= 15 is 0 Å². The number of carbonyl (C=O) groups is 2. The number of hydrogen-bond acceptors (Lipinski definition) is 4. The lowest BCUT2D eigenvalue weighted by Crippen LogP contribution is -2.51. The molecule has 0 unspecified atom stereocenters. The number of nitrogens with zero attached hydrogens (tertiary/aromatic N) is 2. The van der Waals surface area contributed by atoms with Crippen molar-refractivity contribution in [1.82, 2.24) is 15.1 Å². The smallest absolute Gasteiger partial charge is 0.238 e. The molecule has 6 nitrogen and oxygen atoms in total. The Kier molecular flexibility index (Phi) is 7.61. The molecule has 1 saturated heterocycles. The maximum absolute atomic E-state index is 13.0. The van der Waals surface area contributed by atoms with Crippen molar-refractivity contribution in [3.63, 3.8) is 0 Å². The first-order valence-electron chi connectivity index (χ1n) is 8.44. The molecule has 1 aromatic carbocycles. The van der Waals surface area contributed by atoms with Crippen LogP contribution in [0.3, 0.4) is 0 Å². The fraction of sp³-hybridized carbons (Fsp3) is 0.529. The van der Waals surface area contributed by atoms with E-state index in [1.165, 1.54) is 18.2 Å². The molecule has 2 rings (SSSR count). The quantitative estimate of drug-likeness (QED) is 0.764. The monoisotopic (exact) mass is 370 g/mol. The number of carbonyl (C=O) groups excluding carboxylic acids is 2. The molecule has 0 bridgehead atoms. The topological polar surface area (TPSA) is 64.7 Å². The first-order chi connectivity index (χ1) is 12.0. The van der Waals surface area contributed by atoms with Crippen LogP contribution in [-0.4, -0.2) is 67.4 Å². The minimum Gasteiger partial charge on any atom is -0.355 e. The highest BCUT2D eigenvalue weighted by Gasteiger charge is 2.20. The predicted octanol–water partition coefficient (Wildman–Crippen LogP) is 1.56. The van der Waals surface area contributed by atoms with Crippen LogP contribution in [0.4, 0.5) is 10.1 Å². The van der Waals surface area contributed by atoms with Gasteiger partial charge in [0.05, 0.1) is 23.8 Å². The molecule has 138 valence electrons. The Balaban J connectivity index is 1.72. The van der Waals surface area contributed by atoms with Crippen LogP contribution in [0.15, 0.2) is 18.2 Å². The zero-order valence-electron chi connectivity index (χ0n) is 14.4. The van der Waals surface area contributed by atoms with Gasteiger partial charge in [0, 0.05) is 32.7 Å². The van der Waals surface area contributed by atoms with Gasteiger partial charge in [0.2, 0.25) is 11.8 Å². The molecule has 0 radical (unpaired) electrons. The molecule has 1 aromatic rings. The molecule has 0 aliphatic carbocycles. The fourth-order valence-electron chi connectivity index (χ4n) is 2.61. The van der Waals surface area contributed by atoms with Crippen molar-refractivity contribution in [1.29, 1.82) is 0 Å². The Morgan fingerprint density at radius 3 is 2.28 bits per heavy atom. The van der Waals surface area contributed by atoms with E-state index < -0.39 is 5.82 Å². The Bertz CT molecular complexity index is 606. The molecule has 25 heavy (non-hydrogen) atoms. The van der Waals surface area contributed by atoms with Crippen LogP contribution in [0.2, 0.25) is 5.02 Å². The number of piperazine rings is 1. The molecular formula is C17H24ClFN4O2. The summed E-state index contributed by atoms with van der Waals surface area (Å²) in [5, 5.41) is 5.73. The number of halogens is 2. The van der Waals surface area contributed by atoms with Crippen LogP contribution < -0.4 is 10.6 Å². The lowest BCUT2D eigenvalue weighted by atomic mass is 10.3. The van der Waals surface area contributed by atoms with Gasteiger partial charge in [0.1, 0.15) is 5.82 Å². The molecule has 1 aliphatic rings. The zero-order valence-corrected chi connectivity index (χ0v) is 15.1. The Hall–Kier alpha value is -1.70. The van der Waals surface area contributed by atoms with Crippen molar-refractivity contribution in [3.05, 3.63) is 29.0 Å². The van der Waals surface area contributed by atoms with Crippen molar-refractivity contribution in [2.75, 3.05) is 51.1 Å². The second kappa shape index (κ2) is 9.70. The molecule has 0 saturated carbocycles. The van der Waals surface area contributed by atoms with Crippen LogP contribution in [0.1, 0.15) is 13.3 Å². The molecule has 0 atom stereocenters. The minimum absolute atomic E-state index is 0.0407. The van der Waals surface area contributed by atoms with E-state index in [0.29, 0.717) is 31.9 Å². The van der Waals surface area contributed by atoms with Crippen molar-refractivity contribution in [2.45, 2.75) is 13.3 Å². The molecule has 1 aliphatic heterocycles. The average molecular weight is 371 g/mol. The van der Waals surface area contributed by atoms with Gasteiger partial charge in [0.25, 0.3) is 0 Å². The van der Waals surface area contributed by atoms with Crippen LogP contribution in [0.25, 0.3) is 0 Å². The Labute approximate surface area is 152 Å². The highest BCUT2D eigenvalue weighted by molar-refractivity contribution is 6.33. The summed E-state index contributed by atoms with van der Waals surface area (Å²) in [7, 11) is 0. The number of rotatable bonds is 7. The van der Waals surface area contributed by atoms with E-state index in [4.69, 9.17) is 11.6 Å². The maximum atomic E-state index is 13.0. The van der Waals surface area contributed by atoms with Crippen LogP contribution in [0.5, 0.6) is 0 Å². The standard InChI is InChI=1S/C17H24ClFN4O2/c1-2-5-20-16(24)11-22-6-8-23(9-7-22)12-17(25)21-15-4-3-13(19)10-14(15)18/h3-4,10H,2,5-9,11-12H2,1H3,(H,20,24)(H,21,25). The second-order valence-corrected chi connectivity index (χ2v) is 6.48. The maximum Gasteiger partial charge on any atom is 0.238 e. The second-order valence-electron chi connectivity index (χ2n) is 6.07. The zero-order chi connectivity index (χ0) is 18.2. The largest absolute Gasteiger partial charge is 0.355 e. The van der Waals surface area contributed by atoms with Gasteiger partial charge in [-0.15, -0.1) is 0 Å². The first kappa shape index (κ1) is 19.6. The van der Waals surface area contributed by atoms with E-state index in [1.54, 1.807) is 0 Å². The van der Waals surface area contributed by atoms with Crippen molar-refractivity contribution >= 4 is 29.1 Å². The van der Waals surface area contributed by atoms with E-state index in [2.05, 4.69) is 15.5 Å². The highest BCUT2D eigenvalue weighted by atomic mass is 35.5. The third-order valence-corrected chi connectivity index (χ3v) is 4.29. The van der Waals surface area contributed by atoms with E-state index in [9.17, 15) is 14.0 Å². The first-order valence-corrected chi connectivity index (χ1v) is 8.82. The van der Waals surface area contributed by atoms with Crippen molar-refractivity contribution < 1.29 is 14.0 Å². The Morgan fingerprint density at radius 2 is 1.72 bits per heavy atom.